The standard InChI is InChI=1S/C17H19ClN4OS/c1-3-23-14-7-5-4-6-13(14)21-8-10-22(11-9-21)16-12-15(18)19-17(20-16)24-2/h4-8,10,12H,3,9,11H2,1-2H3. The SMILES string of the molecule is CCOc1ccccc1N1C=CN(c2cc(Cl)nc(SC)n2)CC1. The molecule has 0 bridgehead atoms. The van der Waals surface area contributed by atoms with Crippen molar-refractivity contribution in [3.63, 3.8) is 0 Å². The van der Waals surface area contributed by atoms with Gasteiger partial charge in [0.25, 0.3) is 0 Å². The molecule has 0 saturated heterocycles. The molecule has 1 aliphatic rings. The summed E-state index contributed by atoms with van der Waals surface area (Å²) in [6, 6.07) is 9.86. The Balaban J connectivity index is 1.81. The molecule has 1 aromatic heterocycles. The topological polar surface area (TPSA) is 41.5 Å². The van der Waals surface area contributed by atoms with Gasteiger partial charge in [0.1, 0.15) is 16.7 Å². The molecule has 0 spiro atoms. The van der Waals surface area contributed by atoms with Crippen molar-refractivity contribution >= 4 is 34.9 Å². The van der Waals surface area contributed by atoms with Gasteiger partial charge in [0.2, 0.25) is 0 Å². The maximum atomic E-state index is 6.09. The molecule has 0 saturated carbocycles. The fraction of sp³-hybridized carbons (Fsp3) is 0.294. The van der Waals surface area contributed by atoms with Crippen LogP contribution in [0.5, 0.6) is 5.75 Å². The molecular formula is C17H19ClN4OS. The molecule has 7 heteroatoms. The van der Waals surface area contributed by atoms with E-state index in [0.29, 0.717) is 16.9 Å². The third kappa shape index (κ3) is 3.76. The summed E-state index contributed by atoms with van der Waals surface area (Å²) in [6.45, 7) is 4.28. The molecule has 1 aromatic carbocycles. The summed E-state index contributed by atoms with van der Waals surface area (Å²) in [6.07, 6.45) is 5.99. The Morgan fingerprint density at radius 3 is 2.62 bits per heavy atom. The highest BCUT2D eigenvalue weighted by molar-refractivity contribution is 7.98. The van der Waals surface area contributed by atoms with Crippen LogP contribution < -0.4 is 14.5 Å². The van der Waals surface area contributed by atoms with Crippen molar-refractivity contribution in [2.75, 3.05) is 35.8 Å². The van der Waals surface area contributed by atoms with Crippen LogP contribution in [0, 0.1) is 0 Å². The summed E-state index contributed by atoms with van der Waals surface area (Å²) >= 11 is 7.57. The first-order chi connectivity index (χ1) is 11.7. The van der Waals surface area contributed by atoms with Crippen LogP contribution in [0.25, 0.3) is 0 Å². The van der Waals surface area contributed by atoms with Gasteiger partial charge < -0.3 is 14.5 Å². The van der Waals surface area contributed by atoms with Gasteiger partial charge in [-0.3, -0.25) is 0 Å². The van der Waals surface area contributed by atoms with Crippen molar-refractivity contribution in [3.05, 3.63) is 47.9 Å². The molecule has 0 fully saturated rings. The molecule has 0 amide bonds. The summed E-state index contributed by atoms with van der Waals surface area (Å²) in [7, 11) is 0. The summed E-state index contributed by atoms with van der Waals surface area (Å²) < 4.78 is 5.72. The van der Waals surface area contributed by atoms with Crippen LogP contribution in [0.4, 0.5) is 11.5 Å². The largest absolute Gasteiger partial charge is 0.492 e. The van der Waals surface area contributed by atoms with E-state index in [9.17, 15) is 0 Å². The Morgan fingerprint density at radius 1 is 1.17 bits per heavy atom. The summed E-state index contributed by atoms with van der Waals surface area (Å²) in [5.41, 5.74) is 1.07. The van der Waals surface area contributed by atoms with E-state index < -0.39 is 0 Å². The van der Waals surface area contributed by atoms with Gasteiger partial charge in [-0.05, 0) is 25.3 Å². The average Bonchev–Trinajstić information content (AvgIpc) is 2.62. The van der Waals surface area contributed by atoms with Crippen molar-refractivity contribution < 1.29 is 4.74 Å². The van der Waals surface area contributed by atoms with Gasteiger partial charge in [-0.1, -0.05) is 35.5 Å². The van der Waals surface area contributed by atoms with Crippen LogP contribution in [0.15, 0.2) is 47.9 Å². The maximum absolute atomic E-state index is 6.09. The Morgan fingerprint density at radius 2 is 1.92 bits per heavy atom. The molecule has 0 radical (unpaired) electrons. The first-order valence-corrected chi connectivity index (χ1v) is 9.33. The van der Waals surface area contributed by atoms with E-state index in [1.807, 2.05) is 43.8 Å². The van der Waals surface area contributed by atoms with E-state index in [1.165, 1.54) is 11.8 Å². The van der Waals surface area contributed by atoms with Gasteiger partial charge in [-0.2, -0.15) is 0 Å². The fourth-order valence-corrected chi connectivity index (χ4v) is 3.12. The lowest BCUT2D eigenvalue weighted by molar-refractivity contribution is 0.341. The number of hydrogen-bond donors (Lipinski definition) is 0. The van der Waals surface area contributed by atoms with Crippen molar-refractivity contribution in [1.82, 2.24) is 9.97 Å². The lowest BCUT2D eigenvalue weighted by Crippen LogP contribution is -2.35. The van der Waals surface area contributed by atoms with Crippen LogP contribution in [0.1, 0.15) is 6.92 Å². The number of nitrogens with zero attached hydrogens (tertiary/aromatic N) is 4. The van der Waals surface area contributed by atoms with Crippen LogP contribution in [0.3, 0.4) is 0 Å². The third-order valence-electron chi connectivity index (χ3n) is 3.62. The lowest BCUT2D eigenvalue weighted by atomic mass is 10.2. The molecule has 2 aromatic rings. The molecule has 2 heterocycles. The van der Waals surface area contributed by atoms with Crippen molar-refractivity contribution in [2.24, 2.45) is 0 Å². The van der Waals surface area contributed by atoms with Gasteiger partial charge in [0.05, 0.1) is 12.3 Å². The highest BCUT2D eigenvalue weighted by atomic mass is 35.5. The number of ether oxygens (including phenoxy) is 1. The predicted octanol–water partition coefficient (Wildman–Crippen LogP) is 4.05. The predicted molar refractivity (Wildman–Crippen MR) is 100 cm³/mol. The molecule has 0 N–H and O–H groups in total. The molecule has 3 rings (SSSR count). The van der Waals surface area contributed by atoms with Crippen molar-refractivity contribution in [3.8, 4) is 5.75 Å². The van der Waals surface area contributed by atoms with Crippen LogP contribution in [-0.4, -0.2) is 35.9 Å². The van der Waals surface area contributed by atoms with Crippen LogP contribution in [0.2, 0.25) is 5.15 Å². The van der Waals surface area contributed by atoms with E-state index in [-0.39, 0.29) is 0 Å². The number of anilines is 2. The molecule has 126 valence electrons. The molecular weight excluding hydrogens is 344 g/mol. The van der Waals surface area contributed by atoms with Crippen molar-refractivity contribution in [1.29, 1.82) is 0 Å². The molecule has 0 unspecified atom stereocenters. The zero-order chi connectivity index (χ0) is 16.9. The Hall–Kier alpha value is -1.92. The summed E-state index contributed by atoms with van der Waals surface area (Å²) in [5, 5.41) is 1.14. The van der Waals surface area contributed by atoms with E-state index in [4.69, 9.17) is 16.3 Å². The van der Waals surface area contributed by atoms with Gasteiger partial charge >= 0.3 is 0 Å². The molecule has 24 heavy (non-hydrogen) atoms. The Bertz CT molecular complexity index is 740. The highest BCUT2D eigenvalue weighted by Crippen LogP contribution is 2.30. The number of thioether (sulfide) groups is 1. The first-order valence-electron chi connectivity index (χ1n) is 7.73. The second-order valence-electron chi connectivity index (χ2n) is 5.12. The minimum Gasteiger partial charge on any atom is -0.492 e. The molecule has 1 aliphatic heterocycles. The second kappa shape index (κ2) is 7.77. The van der Waals surface area contributed by atoms with Gasteiger partial charge in [-0.25, -0.2) is 9.97 Å². The lowest BCUT2D eigenvalue weighted by Gasteiger charge is -2.31. The Labute approximate surface area is 151 Å². The summed E-state index contributed by atoms with van der Waals surface area (Å²) in [4.78, 5) is 13.0. The second-order valence-corrected chi connectivity index (χ2v) is 6.28. The van der Waals surface area contributed by atoms with Gasteiger partial charge in [-0.15, -0.1) is 0 Å². The number of para-hydroxylation sites is 2. The van der Waals surface area contributed by atoms with E-state index in [0.717, 1.165) is 30.3 Å². The number of benzene rings is 1. The van der Waals surface area contributed by atoms with E-state index in [2.05, 4.69) is 25.8 Å². The number of halogens is 1. The Kier molecular flexibility index (Phi) is 5.48. The van der Waals surface area contributed by atoms with Gasteiger partial charge in [0.15, 0.2) is 5.16 Å². The fourth-order valence-electron chi connectivity index (χ4n) is 2.51. The maximum Gasteiger partial charge on any atom is 0.190 e. The van der Waals surface area contributed by atoms with Crippen LogP contribution >= 0.6 is 23.4 Å². The molecule has 5 nitrogen and oxygen atoms in total. The minimum absolute atomic E-state index is 0.460. The monoisotopic (exact) mass is 362 g/mol. The average molecular weight is 363 g/mol. The quantitative estimate of drug-likeness (QED) is 0.454. The highest BCUT2D eigenvalue weighted by Gasteiger charge is 2.17. The molecule has 0 aliphatic carbocycles. The van der Waals surface area contributed by atoms with Crippen molar-refractivity contribution in [2.45, 2.75) is 12.1 Å². The number of rotatable bonds is 5. The third-order valence-corrected chi connectivity index (χ3v) is 4.36. The zero-order valence-electron chi connectivity index (χ0n) is 13.6. The number of hydrogen-bond acceptors (Lipinski definition) is 6. The van der Waals surface area contributed by atoms with E-state index in [1.54, 1.807) is 6.07 Å². The molecule has 0 atom stereocenters. The number of aromatic nitrogens is 2. The smallest absolute Gasteiger partial charge is 0.190 e. The summed E-state index contributed by atoms with van der Waals surface area (Å²) in [5.74, 6) is 1.71. The van der Waals surface area contributed by atoms with Gasteiger partial charge in [0, 0.05) is 31.6 Å². The first kappa shape index (κ1) is 16.9. The normalized spacial score (nSPS) is 14.1. The zero-order valence-corrected chi connectivity index (χ0v) is 15.2. The van der Waals surface area contributed by atoms with Crippen LogP contribution in [-0.2, 0) is 0 Å². The van der Waals surface area contributed by atoms with E-state index >= 15 is 0 Å². The minimum atomic E-state index is 0.460.